The fourth-order valence-corrected chi connectivity index (χ4v) is 4.80. The van der Waals surface area contributed by atoms with E-state index in [2.05, 4.69) is 66.8 Å². The molecule has 114 valence electrons. The molecule has 2 bridgehead atoms. The van der Waals surface area contributed by atoms with Gasteiger partial charge in [-0.15, -0.1) is 0 Å². The first-order chi connectivity index (χ1) is 10.7. The van der Waals surface area contributed by atoms with Crippen LogP contribution in [0.25, 0.3) is 0 Å². The number of benzene rings is 2. The van der Waals surface area contributed by atoms with Crippen molar-refractivity contribution in [2.45, 2.75) is 44.4 Å². The van der Waals surface area contributed by atoms with Gasteiger partial charge in [0.1, 0.15) is 0 Å². The van der Waals surface area contributed by atoms with Gasteiger partial charge in [-0.2, -0.15) is 0 Å². The van der Waals surface area contributed by atoms with Crippen molar-refractivity contribution in [2.75, 3.05) is 5.32 Å². The van der Waals surface area contributed by atoms with Crippen molar-refractivity contribution in [3.8, 4) is 0 Å². The largest absolute Gasteiger partial charge is 0.356 e. The zero-order chi connectivity index (χ0) is 15.0. The number of hydrogen-bond acceptors (Lipinski definition) is 1. The van der Waals surface area contributed by atoms with Crippen molar-refractivity contribution in [2.24, 2.45) is 11.8 Å². The molecule has 2 aliphatic rings. The lowest BCUT2D eigenvalue weighted by atomic mass is 9.66. The first-order valence-electron chi connectivity index (χ1n) is 8.64. The molecule has 0 aromatic heterocycles. The second-order valence-electron chi connectivity index (χ2n) is 7.59. The van der Waals surface area contributed by atoms with Gasteiger partial charge in [-0.1, -0.05) is 50.1 Å². The highest BCUT2D eigenvalue weighted by atomic mass is 14.9. The summed E-state index contributed by atoms with van der Waals surface area (Å²) in [4.78, 5) is 0. The van der Waals surface area contributed by atoms with Crippen molar-refractivity contribution in [1.29, 1.82) is 0 Å². The molecule has 0 heterocycles. The Bertz CT molecular complexity index is 634. The molecule has 2 saturated carbocycles. The predicted molar refractivity (Wildman–Crippen MR) is 93.6 cm³/mol. The molecular formula is C21H25N. The fourth-order valence-electron chi connectivity index (χ4n) is 4.80. The molecule has 1 N–H and O–H groups in total. The van der Waals surface area contributed by atoms with Crippen LogP contribution in [-0.2, 0) is 5.41 Å². The number of rotatable bonds is 3. The molecule has 1 nitrogen and oxygen atoms in total. The van der Waals surface area contributed by atoms with Gasteiger partial charge in [0.05, 0.1) is 0 Å². The summed E-state index contributed by atoms with van der Waals surface area (Å²) in [6, 6.07) is 19.5. The highest BCUT2D eigenvalue weighted by Crippen LogP contribution is 2.51. The molecule has 4 rings (SSSR count). The molecule has 2 aromatic rings. The maximum absolute atomic E-state index is 3.54. The van der Waals surface area contributed by atoms with Gasteiger partial charge in [0.2, 0.25) is 0 Å². The quantitative estimate of drug-likeness (QED) is 0.742. The van der Waals surface area contributed by atoms with Crippen LogP contribution in [0.15, 0.2) is 54.6 Å². The normalized spacial score (nSPS) is 30.2. The van der Waals surface area contributed by atoms with Gasteiger partial charge < -0.3 is 5.32 Å². The molecule has 1 heteroatoms. The van der Waals surface area contributed by atoms with E-state index in [1.54, 1.807) is 0 Å². The molecule has 0 spiro atoms. The molecule has 2 unspecified atom stereocenters. The van der Waals surface area contributed by atoms with E-state index >= 15 is 0 Å². The van der Waals surface area contributed by atoms with Crippen LogP contribution in [0.4, 0.5) is 11.4 Å². The van der Waals surface area contributed by atoms with Gasteiger partial charge in [0, 0.05) is 11.4 Å². The molecule has 2 aromatic carbocycles. The molecule has 2 aliphatic carbocycles. The minimum Gasteiger partial charge on any atom is -0.356 e. The maximum atomic E-state index is 3.54. The standard InChI is InChI=1S/C21H25N/c1-21(14-16-10-11-17(12-16)15-21)18-6-5-9-20(13-18)22-19-7-3-2-4-8-19/h2-9,13,16-17,22H,10-12,14-15H2,1H3. The van der Waals surface area contributed by atoms with Gasteiger partial charge in [0.15, 0.2) is 0 Å². The Morgan fingerprint density at radius 2 is 1.55 bits per heavy atom. The highest BCUT2D eigenvalue weighted by molar-refractivity contribution is 5.60. The first kappa shape index (κ1) is 13.9. The van der Waals surface area contributed by atoms with Crippen LogP contribution in [0.1, 0.15) is 44.6 Å². The Morgan fingerprint density at radius 3 is 2.27 bits per heavy atom. The van der Waals surface area contributed by atoms with Crippen LogP contribution in [0.3, 0.4) is 0 Å². The Labute approximate surface area is 133 Å². The van der Waals surface area contributed by atoms with E-state index < -0.39 is 0 Å². The number of fused-ring (bicyclic) bond motifs is 2. The SMILES string of the molecule is CC1(c2cccc(Nc3ccccc3)c2)CC2CCC(C2)C1. The van der Waals surface area contributed by atoms with Crippen LogP contribution in [-0.4, -0.2) is 0 Å². The van der Waals surface area contributed by atoms with Gasteiger partial charge >= 0.3 is 0 Å². The minimum absolute atomic E-state index is 0.373. The lowest BCUT2D eigenvalue weighted by Gasteiger charge is -2.38. The van der Waals surface area contributed by atoms with Crippen molar-refractivity contribution >= 4 is 11.4 Å². The van der Waals surface area contributed by atoms with E-state index in [-0.39, 0.29) is 0 Å². The second kappa shape index (κ2) is 5.46. The van der Waals surface area contributed by atoms with Crippen molar-refractivity contribution < 1.29 is 0 Å². The zero-order valence-electron chi connectivity index (χ0n) is 13.4. The van der Waals surface area contributed by atoms with Gasteiger partial charge in [-0.25, -0.2) is 0 Å². The summed E-state index contributed by atoms with van der Waals surface area (Å²) in [5, 5.41) is 3.54. The van der Waals surface area contributed by atoms with Crippen molar-refractivity contribution in [3.63, 3.8) is 0 Å². The van der Waals surface area contributed by atoms with Crippen LogP contribution >= 0.6 is 0 Å². The van der Waals surface area contributed by atoms with Crippen LogP contribution < -0.4 is 5.32 Å². The van der Waals surface area contributed by atoms with Crippen LogP contribution in [0.2, 0.25) is 0 Å². The van der Waals surface area contributed by atoms with E-state index in [1.807, 2.05) is 0 Å². The number of nitrogens with one attached hydrogen (secondary N) is 1. The van der Waals surface area contributed by atoms with E-state index in [0.29, 0.717) is 5.41 Å². The molecule has 0 amide bonds. The van der Waals surface area contributed by atoms with Crippen molar-refractivity contribution in [1.82, 2.24) is 0 Å². The van der Waals surface area contributed by atoms with E-state index in [4.69, 9.17) is 0 Å². The zero-order valence-corrected chi connectivity index (χ0v) is 13.4. The van der Waals surface area contributed by atoms with E-state index in [9.17, 15) is 0 Å². The molecule has 0 saturated heterocycles. The van der Waals surface area contributed by atoms with Crippen LogP contribution in [0.5, 0.6) is 0 Å². The summed E-state index contributed by atoms with van der Waals surface area (Å²) in [6.07, 6.45) is 7.15. The lowest BCUT2D eigenvalue weighted by Crippen LogP contribution is -2.30. The molecule has 2 atom stereocenters. The number of para-hydroxylation sites is 1. The average molecular weight is 291 g/mol. The monoisotopic (exact) mass is 291 g/mol. The lowest BCUT2D eigenvalue weighted by molar-refractivity contribution is 0.232. The molecule has 0 radical (unpaired) electrons. The summed E-state index contributed by atoms with van der Waals surface area (Å²) in [5.74, 6) is 1.93. The first-order valence-corrected chi connectivity index (χ1v) is 8.64. The smallest absolute Gasteiger partial charge is 0.0387 e. The molecule has 22 heavy (non-hydrogen) atoms. The Balaban J connectivity index is 1.59. The Morgan fingerprint density at radius 1 is 0.864 bits per heavy atom. The second-order valence-corrected chi connectivity index (χ2v) is 7.59. The highest BCUT2D eigenvalue weighted by Gasteiger charge is 2.41. The van der Waals surface area contributed by atoms with Gasteiger partial charge in [-0.3, -0.25) is 0 Å². The van der Waals surface area contributed by atoms with Crippen molar-refractivity contribution in [3.05, 3.63) is 60.2 Å². The topological polar surface area (TPSA) is 12.0 Å². The summed E-state index contributed by atoms with van der Waals surface area (Å²) in [5.41, 5.74) is 4.26. The van der Waals surface area contributed by atoms with E-state index in [0.717, 1.165) is 17.5 Å². The summed E-state index contributed by atoms with van der Waals surface area (Å²) < 4.78 is 0. The van der Waals surface area contributed by atoms with Gasteiger partial charge in [0.25, 0.3) is 0 Å². The molecular weight excluding hydrogens is 266 g/mol. The molecule has 0 aliphatic heterocycles. The summed E-state index contributed by atoms with van der Waals surface area (Å²) in [7, 11) is 0. The third kappa shape index (κ3) is 2.65. The third-order valence-electron chi connectivity index (χ3n) is 5.75. The van der Waals surface area contributed by atoms with Gasteiger partial charge in [-0.05, 0) is 66.3 Å². The maximum Gasteiger partial charge on any atom is 0.0387 e. The fraction of sp³-hybridized carbons (Fsp3) is 0.429. The molecule has 2 fully saturated rings. The summed E-state index contributed by atoms with van der Waals surface area (Å²) >= 11 is 0. The average Bonchev–Trinajstić information content (AvgIpc) is 2.88. The third-order valence-corrected chi connectivity index (χ3v) is 5.75. The Hall–Kier alpha value is -1.76. The minimum atomic E-state index is 0.373. The van der Waals surface area contributed by atoms with E-state index in [1.165, 1.54) is 43.4 Å². The predicted octanol–water partition coefficient (Wildman–Crippen LogP) is 5.90. The number of anilines is 2. The van der Waals surface area contributed by atoms with Crippen LogP contribution in [0, 0.1) is 11.8 Å². The Kier molecular flexibility index (Phi) is 3.44. The summed E-state index contributed by atoms with van der Waals surface area (Å²) in [6.45, 7) is 2.49. The number of hydrogen-bond donors (Lipinski definition) is 1.